The van der Waals surface area contributed by atoms with Crippen molar-refractivity contribution < 1.29 is 4.42 Å². The molecule has 2 aromatic rings. The predicted octanol–water partition coefficient (Wildman–Crippen LogP) is 1.84. The molecule has 1 fully saturated rings. The molecule has 6 heteroatoms. The number of hydrogen-bond donors (Lipinski definition) is 1. The maximum absolute atomic E-state index is 5.58. The van der Waals surface area contributed by atoms with Crippen LogP contribution < -0.4 is 10.2 Å². The van der Waals surface area contributed by atoms with Crippen molar-refractivity contribution in [2.75, 3.05) is 18.0 Å². The molecule has 6 nitrogen and oxygen atoms in total. The van der Waals surface area contributed by atoms with E-state index < -0.39 is 0 Å². The van der Waals surface area contributed by atoms with Gasteiger partial charge in [-0.15, -0.1) is 5.10 Å². The van der Waals surface area contributed by atoms with Crippen LogP contribution in [-0.2, 0) is 6.54 Å². The van der Waals surface area contributed by atoms with E-state index >= 15 is 0 Å². The van der Waals surface area contributed by atoms with Gasteiger partial charge in [-0.2, -0.15) is 5.10 Å². The summed E-state index contributed by atoms with van der Waals surface area (Å²) in [5, 5.41) is 11.6. The Morgan fingerprint density at radius 1 is 1.43 bits per heavy atom. The van der Waals surface area contributed by atoms with E-state index in [1.165, 1.54) is 12.8 Å². The number of aromatic nitrogens is 3. The van der Waals surface area contributed by atoms with Gasteiger partial charge in [0.05, 0.1) is 12.2 Å². The normalized spacial score (nSPS) is 18.4. The number of nitrogens with zero attached hydrogens (tertiary/aromatic N) is 4. The second-order valence-corrected chi connectivity index (χ2v) is 5.45. The molecule has 1 atom stereocenters. The van der Waals surface area contributed by atoms with Gasteiger partial charge in [-0.1, -0.05) is 0 Å². The highest BCUT2D eigenvalue weighted by Gasteiger charge is 2.25. The van der Waals surface area contributed by atoms with E-state index in [1.807, 2.05) is 26.0 Å². The largest absolute Gasteiger partial charge is 0.444 e. The average Bonchev–Trinajstić information content (AvgIpc) is 3.08. The Morgan fingerprint density at radius 2 is 2.33 bits per heavy atom. The minimum absolute atomic E-state index is 0.457. The zero-order valence-electron chi connectivity index (χ0n) is 12.5. The lowest BCUT2D eigenvalue weighted by Crippen LogP contribution is -2.38. The van der Waals surface area contributed by atoms with E-state index in [-0.39, 0.29) is 0 Å². The standard InChI is InChI=1S/C15H21N5O/c1-11-12(2)21-15(18-11)10-16-9-13-5-4-8-20(13)14-6-3-7-17-19-14/h3,6-7,13,16H,4-5,8-10H2,1-2H3. The van der Waals surface area contributed by atoms with Crippen LogP contribution in [0.15, 0.2) is 22.7 Å². The Kier molecular flexibility index (Phi) is 4.15. The summed E-state index contributed by atoms with van der Waals surface area (Å²) in [5.41, 5.74) is 0.967. The van der Waals surface area contributed by atoms with Gasteiger partial charge in [-0.25, -0.2) is 4.98 Å². The van der Waals surface area contributed by atoms with Gasteiger partial charge in [0.2, 0.25) is 5.89 Å². The number of rotatable bonds is 5. The Labute approximate surface area is 124 Å². The molecule has 0 saturated carbocycles. The van der Waals surface area contributed by atoms with Crippen LogP contribution in [0, 0.1) is 13.8 Å². The smallest absolute Gasteiger partial charge is 0.208 e. The van der Waals surface area contributed by atoms with Crippen LogP contribution in [0.25, 0.3) is 0 Å². The quantitative estimate of drug-likeness (QED) is 0.905. The van der Waals surface area contributed by atoms with E-state index in [2.05, 4.69) is 25.4 Å². The zero-order chi connectivity index (χ0) is 14.7. The molecule has 1 aliphatic heterocycles. The summed E-state index contributed by atoms with van der Waals surface area (Å²) in [6.07, 6.45) is 4.08. The second kappa shape index (κ2) is 6.22. The summed E-state index contributed by atoms with van der Waals surface area (Å²) < 4.78 is 5.58. The fraction of sp³-hybridized carbons (Fsp3) is 0.533. The highest BCUT2D eigenvalue weighted by Crippen LogP contribution is 2.22. The van der Waals surface area contributed by atoms with Gasteiger partial charge < -0.3 is 14.6 Å². The van der Waals surface area contributed by atoms with Crippen molar-refractivity contribution in [2.24, 2.45) is 0 Å². The molecular formula is C15H21N5O. The first-order chi connectivity index (χ1) is 10.2. The maximum atomic E-state index is 5.58. The van der Waals surface area contributed by atoms with Crippen molar-refractivity contribution in [1.82, 2.24) is 20.5 Å². The molecule has 0 aliphatic carbocycles. The molecule has 0 amide bonds. The van der Waals surface area contributed by atoms with Gasteiger partial charge in [0, 0.05) is 25.3 Å². The molecular weight excluding hydrogens is 266 g/mol. The average molecular weight is 287 g/mol. The van der Waals surface area contributed by atoms with Gasteiger partial charge in [-0.3, -0.25) is 0 Å². The summed E-state index contributed by atoms with van der Waals surface area (Å²) in [5.74, 6) is 2.62. The molecule has 112 valence electrons. The highest BCUT2D eigenvalue weighted by molar-refractivity contribution is 5.39. The number of anilines is 1. The third-order valence-corrected chi connectivity index (χ3v) is 3.96. The molecule has 0 radical (unpaired) electrons. The van der Waals surface area contributed by atoms with Crippen molar-refractivity contribution in [3.8, 4) is 0 Å². The Morgan fingerprint density at radius 3 is 3.05 bits per heavy atom. The lowest BCUT2D eigenvalue weighted by Gasteiger charge is -2.25. The van der Waals surface area contributed by atoms with Crippen LogP contribution in [0.1, 0.15) is 30.2 Å². The van der Waals surface area contributed by atoms with Crippen LogP contribution in [0.4, 0.5) is 5.82 Å². The van der Waals surface area contributed by atoms with Crippen LogP contribution in [0.2, 0.25) is 0 Å². The molecule has 0 spiro atoms. The lowest BCUT2D eigenvalue weighted by atomic mass is 10.2. The molecule has 3 heterocycles. The fourth-order valence-electron chi connectivity index (χ4n) is 2.76. The van der Waals surface area contributed by atoms with Crippen LogP contribution in [0.3, 0.4) is 0 Å². The molecule has 0 bridgehead atoms. The maximum Gasteiger partial charge on any atom is 0.208 e. The van der Waals surface area contributed by atoms with E-state index in [9.17, 15) is 0 Å². The first kappa shape index (κ1) is 14.0. The van der Waals surface area contributed by atoms with E-state index in [0.717, 1.165) is 36.3 Å². The second-order valence-electron chi connectivity index (χ2n) is 5.45. The van der Waals surface area contributed by atoms with E-state index in [0.29, 0.717) is 12.6 Å². The molecule has 1 N–H and O–H groups in total. The molecule has 1 aliphatic rings. The summed E-state index contributed by atoms with van der Waals surface area (Å²) >= 11 is 0. The van der Waals surface area contributed by atoms with Gasteiger partial charge in [0.15, 0.2) is 5.82 Å². The first-order valence-corrected chi connectivity index (χ1v) is 7.42. The van der Waals surface area contributed by atoms with Gasteiger partial charge in [-0.05, 0) is 38.8 Å². The molecule has 1 saturated heterocycles. The molecule has 1 unspecified atom stereocenters. The fourth-order valence-corrected chi connectivity index (χ4v) is 2.76. The van der Waals surface area contributed by atoms with Crippen molar-refractivity contribution >= 4 is 5.82 Å². The third-order valence-electron chi connectivity index (χ3n) is 3.96. The topological polar surface area (TPSA) is 67.1 Å². The molecule has 21 heavy (non-hydrogen) atoms. The van der Waals surface area contributed by atoms with Crippen molar-refractivity contribution in [3.05, 3.63) is 35.7 Å². The summed E-state index contributed by atoms with van der Waals surface area (Å²) in [4.78, 5) is 6.71. The Bertz CT molecular complexity index is 564. The Balaban J connectivity index is 1.55. The van der Waals surface area contributed by atoms with E-state index in [1.54, 1.807) is 6.20 Å². The highest BCUT2D eigenvalue weighted by atomic mass is 16.4. The van der Waals surface area contributed by atoms with Crippen molar-refractivity contribution in [3.63, 3.8) is 0 Å². The molecule has 2 aromatic heterocycles. The third kappa shape index (κ3) is 3.21. The summed E-state index contributed by atoms with van der Waals surface area (Å²) in [7, 11) is 0. The zero-order valence-corrected chi connectivity index (χ0v) is 12.5. The molecule has 3 rings (SSSR count). The molecule has 0 aromatic carbocycles. The number of hydrogen-bond acceptors (Lipinski definition) is 6. The number of oxazole rings is 1. The van der Waals surface area contributed by atoms with Gasteiger partial charge >= 0.3 is 0 Å². The lowest BCUT2D eigenvalue weighted by molar-refractivity contribution is 0.441. The van der Waals surface area contributed by atoms with Crippen LogP contribution in [0.5, 0.6) is 0 Å². The summed E-state index contributed by atoms with van der Waals surface area (Å²) in [6, 6.07) is 4.41. The number of aryl methyl sites for hydroxylation is 2. The number of nitrogens with one attached hydrogen (secondary N) is 1. The predicted molar refractivity (Wildman–Crippen MR) is 80.1 cm³/mol. The van der Waals surface area contributed by atoms with Crippen LogP contribution in [-0.4, -0.2) is 34.3 Å². The van der Waals surface area contributed by atoms with Gasteiger partial charge in [0.1, 0.15) is 5.76 Å². The SMILES string of the molecule is Cc1nc(CNCC2CCCN2c2cccnn2)oc1C. The first-order valence-electron chi connectivity index (χ1n) is 7.42. The van der Waals surface area contributed by atoms with Crippen molar-refractivity contribution in [2.45, 2.75) is 39.3 Å². The van der Waals surface area contributed by atoms with Crippen LogP contribution >= 0.6 is 0 Å². The minimum Gasteiger partial charge on any atom is -0.444 e. The monoisotopic (exact) mass is 287 g/mol. The van der Waals surface area contributed by atoms with Crippen molar-refractivity contribution in [1.29, 1.82) is 0 Å². The summed E-state index contributed by atoms with van der Waals surface area (Å²) in [6.45, 7) is 6.52. The minimum atomic E-state index is 0.457. The van der Waals surface area contributed by atoms with E-state index in [4.69, 9.17) is 4.42 Å². The van der Waals surface area contributed by atoms with Gasteiger partial charge in [0.25, 0.3) is 0 Å². The Hall–Kier alpha value is -1.95.